The third-order valence-corrected chi connectivity index (χ3v) is 9.18. The molecule has 0 fully saturated rings. The SMILES string of the molecule is CCN(CCN)CC(C)(C)COCC(C)(C)CCC(C)(C)[Si](C)(C)O. The van der Waals surface area contributed by atoms with E-state index in [1.807, 2.05) is 13.1 Å². The average Bonchev–Trinajstić information content (AvgIpc) is 2.43. The Bertz CT molecular complexity index is 376. The molecule has 0 heterocycles. The van der Waals surface area contributed by atoms with Crippen molar-refractivity contribution in [3.8, 4) is 0 Å². The Hall–Kier alpha value is 0.0569. The van der Waals surface area contributed by atoms with Crippen molar-refractivity contribution >= 4 is 8.32 Å². The van der Waals surface area contributed by atoms with Crippen molar-refractivity contribution in [1.29, 1.82) is 0 Å². The summed E-state index contributed by atoms with van der Waals surface area (Å²) in [5.74, 6) is 0. The molecule has 0 aromatic rings. The second-order valence-corrected chi connectivity index (χ2v) is 14.9. The van der Waals surface area contributed by atoms with Crippen LogP contribution >= 0.6 is 0 Å². The van der Waals surface area contributed by atoms with Gasteiger partial charge in [0, 0.05) is 25.0 Å². The summed E-state index contributed by atoms with van der Waals surface area (Å²) in [6, 6.07) is 0. The van der Waals surface area contributed by atoms with E-state index in [0.717, 1.165) is 45.7 Å². The lowest BCUT2D eigenvalue weighted by molar-refractivity contribution is -0.000613. The first-order valence-electron chi connectivity index (χ1n) is 9.88. The van der Waals surface area contributed by atoms with Crippen molar-refractivity contribution in [2.45, 2.75) is 79.4 Å². The van der Waals surface area contributed by atoms with E-state index in [0.29, 0.717) is 6.54 Å². The Kier molecular flexibility index (Phi) is 9.86. The van der Waals surface area contributed by atoms with Crippen molar-refractivity contribution in [3.05, 3.63) is 0 Å². The average molecular weight is 375 g/mol. The number of hydrogen-bond donors (Lipinski definition) is 2. The number of ether oxygens (including phenoxy) is 1. The summed E-state index contributed by atoms with van der Waals surface area (Å²) in [5.41, 5.74) is 5.95. The Labute approximate surface area is 158 Å². The molecule has 0 aliphatic carbocycles. The van der Waals surface area contributed by atoms with E-state index in [9.17, 15) is 4.80 Å². The minimum Gasteiger partial charge on any atom is -0.432 e. The van der Waals surface area contributed by atoms with Gasteiger partial charge in [-0.25, -0.2) is 0 Å². The highest BCUT2D eigenvalue weighted by Crippen LogP contribution is 2.42. The summed E-state index contributed by atoms with van der Waals surface area (Å²) < 4.78 is 6.13. The summed E-state index contributed by atoms with van der Waals surface area (Å²) in [4.78, 5) is 12.9. The first kappa shape index (κ1) is 25.1. The summed E-state index contributed by atoms with van der Waals surface area (Å²) in [5, 5.41) is 0.0351. The van der Waals surface area contributed by atoms with Gasteiger partial charge in [0.15, 0.2) is 8.32 Å². The Balaban J connectivity index is 4.41. The molecule has 0 spiro atoms. The van der Waals surface area contributed by atoms with E-state index in [4.69, 9.17) is 10.5 Å². The third-order valence-electron chi connectivity index (χ3n) is 5.61. The van der Waals surface area contributed by atoms with Crippen LogP contribution in [0.15, 0.2) is 0 Å². The van der Waals surface area contributed by atoms with Crippen LogP contribution in [0.4, 0.5) is 0 Å². The molecule has 4 nitrogen and oxygen atoms in total. The summed E-state index contributed by atoms with van der Waals surface area (Å²) in [7, 11) is -2.13. The maximum absolute atomic E-state index is 10.5. The standard InChI is InChI=1S/C20H46N2O2Si/c1-10-22(14-13-21)15-19(4,5)17-24-16-18(2,3)11-12-20(6,7)25(8,9)23/h23H,10-17,21H2,1-9H3. The van der Waals surface area contributed by atoms with Crippen molar-refractivity contribution in [1.82, 2.24) is 4.90 Å². The highest BCUT2D eigenvalue weighted by molar-refractivity contribution is 6.72. The zero-order valence-electron chi connectivity index (χ0n) is 18.5. The highest BCUT2D eigenvalue weighted by Gasteiger charge is 2.38. The molecule has 0 saturated carbocycles. The van der Waals surface area contributed by atoms with E-state index in [1.54, 1.807) is 0 Å². The molecule has 3 N–H and O–H groups in total. The zero-order chi connectivity index (χ0) is 19.9. The second-order valence-electron chi connectivity index (χ2n) is 10.4. The number of likely N-dealkylation sites (N-methyl/N-ethyl adjacent to an activating group) is 1. The predicted octanol–water partition coefficient (Wildman–Crippen LogP) is 4.09. The minimum absolute atomic E-state index is 0.0351. The van der Waals surface area contributed by atoms with E-state index in [-0.39, 0.29) is 15.9 Å². The van der Waals surface area contributed by atoms with Gasteiger partial charge in [-0.3, -0.25) is 0 Å². The van der Waals surface area contributed by atoms with Crippen molar-refractivity contribution in [3.63, 3.8) is 0 Å². The van der Waals surface area contributed by atoms with Gasteiger partial charge in [-0.05, 0) is 42.9 Å². The van der Waals surface area contributed by atoms with Gasteiger partial charge in [0.25, 0.3) is 0 Å². The van der Waals surface area contributed by atoms with Gasteiger partial charge in [-0.1, -0.05) is 48.5 Å². The van der Waals surface area contributed by atoms with Crippen LogP contribution in [0.2, 0.25) is 18.1 Å². The normalized spacial score (nSPS) is 14.4. The monoisotopic (exact) mass is 374 g/mol. The Morgan fingerprint density at radius 2 is 1.48 bits per heavy atom. The van der Waals surface area contributed by atoms with Crippen LogP contribution in [0.3, 0.4) is 0 Å². The summed E-state index contributed by atoms with van der Waals surface area (Å²) >= 11 is 0. The lowest BCUT2D eigenvalue weighted by atomic mass is 9.85. The molecule has 0 saturated heterocycles. The molecule has 0 amide bonds. The maximum Gasteiger partial charge on any atom is 0.188 e. The van der Waals surface area contributed by atoms with Crippen molar-refractivity contribution < 1.29 is 9.53 Å². The molecule has 25 heavy (non-hydrogen) atoms. The van der Waals surface area contributed by atoms with Crippen LogP contribution in [0.25, 0.3) is 0 Å². The molecule has 0 atom stereocenters. The van der Waals surface area contributed by atoms with Crippen LogP contribution in [0.5, 0.6) is 0 Å². The molecule has 0 bridgehead atoms. The molecule has 0 aliphatic rings. The van der Waals surface area contributed by atoms with E-state index in [1.165, 1.54) is 0 Å². The number of nitrogens with zero attached hydrogens (tertiary/aromatic N) is 1. The topological polar surface area (TPSA) is 58.7 Å². The molecule has 0 radical (unpaired) electrons. The molecule has 0 aromatic heterocycles. The molecular weight excluding hydrogens is 328 g/mol. The van der Waals surface area contributed by atoms with E-state index < -0.39 is 8.32 Å². The van der Waals surface area contributed by atoms with Crippen molar-refractivity contribution in [2.75, 3.05) is 39.4 Å². The van der Waals surface area contributed by atoms with Crippen LogP contribution in [-0.2, 0) is 4.74 Å². The molecule has 0 aromatic carbocycles. The number of hydrogen-bond acceptors (Lipinski definition) is 4. The van der Waals surface area contributed by atoms with E-state index >= 15 is 0 Å². The van der Waals surface area contributed by atoms with Gasteiger partial charge in [-0.15, -0.1) is 0 Å². The summed E-state index contributed by atoms with van der Waals surface area (Å²) in [6.45, 7) is 25.0. The summed E-state index contributed by atoms with van der Waals surface area (Å²) in [6.07, 6.45) is 2.12. The molecule has 0 aliphatic heterocycles. The first-order chi connectivity index (χ1) is 11.2. The molecule has 0 unspecified atom stereocenters. The smallest absolute Gasteiger partial charge is 0.188 e. The lowest BCUT2D eigenvalue weighted by Crippen LogP contribution is -2.40. The highest BCUT2D eigenvalue weighted by atomic mass is 28.4. The van der Waals surface area contributed by atoms with Gasteiger partial charge in [0.2, 0.25) is 0 Å². The largest absolute Gasteiger partial charge is 0.432 e. The Morgan fingerprint density at radius 1 is 0.960 bits per heavy atom. The fourth-order valence-electron chi connectivity index (χ4n) is 2.82. The van der Waals surface area contributed by atoms with Gasteiger partial charge >= 0.3 is 0 Å². The van der Waals surface area contributed by atoms with Crippen LogP contribution in [0, 0.1) is 10.8 Å². The lowest BCUT2D eigenvalue weighted by Gasteiger charge is -2.38. The fraction of sp³-hybridized carbons (Fsp3) is 1.00. The van der Waals surface area contributed by atoms with Crippen LogP contribution < -0.4 is 5.73 Å². The number of rotatable bonds is 13. The third kappa shape index (κ3) is 10.1. The van der Waals surface area contributed by atoms with Gasteiger partial charge in [-0.2, -0.15) is 0 Å². The minimum atomic E-state index is -2.13. The van der Waals surface area contributed by atoms with Gasteiger partial charge in [0.1, 0.15) is 0 Å². The quantitative estimate of drug-likeness (QED) is 0.477. The number of nitrogens with two attached hydrogens (primary N) is 1. The maximum atomic E-state index is 10.5. The fourth-order valence-corrected chi connectivity index (χ4v) is 3.55. The molecule has 5 heteroatoms. The predicted molar refractivity (Wildman–Crippen MR) is 113 cm³/mol. The van der Waals surface area contributed by atoms with Crippen LogP contribution in [0.1, 0.15) is 61.3 Å². The molecular formula is C20H46N2O2Si. The van der Waals surface area contributed by atoms with Crippen molar-refractivity contribution in [2.24, 2.45) is 16.6 Å². The molecule has 0 rings (SSSR count). The van der Waals surface area contributed by atoms with Gasteiger partial charge < -0.3 is 20.2 Å². The van der Waals surface area contributed by atoms with Crippen LogP contribution in [-0.4, -0.2) is 57.4 Å². The second kappa shape index (κ2) is 9.84. The Morgan fingerprint density at radius 3 is 1.92 bits per heavy atom. The van der Waals surface area contributed by atoms with E-state index in [2.05, 4.69) is 53.4 Å². The van der Waals surface area contributed by atoms with Gasteiger partial charge in [0.05, 0.1) is 13.2 Å². The zero-order valence-corrected chi connectivity index (χ0v) is 19.5. The molecule has 152 valence electrons. The first-order valence-corrected chi connectivity index (χ1v) is 12.8.